The minimum atomic E-state index is -3.88. The Balaban J connectivity index is 1.40. The molecule has 0 aliphatic heterocycles. The van der Waals surface area contributed by atoms with Gasteiger partial charge in [0.2, 0.25) is 9.84 Å². The van der Waals surface area contributed by atoms with Gasteiger partial charge in [-0.3, -0.25) is 9.59 Å². The van der Waals surface area contributed by atoms with Gasteiger partial charge in [0.15, 0.2) is 0 Å². The first kappa shape index (κ1) is 28.7. The molecule has 208 valence electrons. The first-order chi connectivity index (χ1) is 19.6. The first-order valence-corrected chi connectivity index (χ1v) is 13.6. The summed E-state index contributed by atoms with van der Waals surface area (Å²) in [5.41, 5.74) is 1.98. The van der Waals surface area contributed by atoms with Crippen LogP contribution in [0.5, 0.6) is 0 Å². The van der Waals surface area contributed by atoms with Crippen molar-refractivity contribution >= 4 is 45.0 Å². The van der Waals surface area contributed by atoms with Crippen molar-refractivity contribution in [2.75, 3.05) is 24.9 Å². The third-order valence-electron chi connectivity index (χ3n) is 5.98. The molecule has 0 heterocycles. The fourth-order valence-corrected chi connectivity index (χ4v) is 4.99. The summed E-state index contributed by atoms with van der Waals surface area (Å²) in [6, 6.07) is 23.2. The highest BCUT2D eigenvalue weighted by Crippen LogP contribution is 2.24. The summed E-state index contributed by atoms with van der Waals surface area (Å²) in [5, 5.41) is 5.35. The monoisotopic (exact) mass is 572 g/mol. The van der Waals surface area contributed by atoms with Crippen LogP contribution in [0, 0.1) is 0 Å². The average Bonchev–Trinajstić information content (AvgIpc) is 3.01. The van der Waals surface area contributed by atoms with Gasteiger partial charge in [-0.15, -0.1) is 0 Å². The lowest BCUT2D eigenvalue weighted by Crippen LogP contribution is -2.13. The summed E-state index contributed by atoms with van der Waals surface area (Å²) in [6.07, 6.45) is 0. The minimum Gasteiger partial charge on any atom is -0.465 e. The van der Waals surface area contributed by atoms with Gasteiger partial charge in [0.05, 0.1) is 35.1 Å². The van der Waals surface area contributed by atoms with Crippen LogP contribution in [0.15, 0.2) is 107 Å². The molecule has 4 aromatic rings. The van der Waals surface area contributed by atoms with E-state index in [1.807, 2.05) is 0 Å². The molecule has 0 aliphatic rings. The van der Waals surface area contributed by atoms with Crippen molar-refractivity contribution in [2.24, 2.45) is 0 Å². The number of ether oxygens (including phenoxy) is 2. The molecule has 0 bridgehead atoms. The predicted molar refractivity (Wildman–Crippen MR) is 150 cm³/mol. The zero-order valence-electron chi connectivity index (χ0n) is 21.9. The number of amides is 2. The normalized spacial score (nSPS) is 10.8. The maximum Gasteiger partial charge on any atom is 0.337 e. The zero-order chi connectivity index (χ0) is 29.6. The van der Waals surface area contributed by atoms with E-state index in [9.17, 15) is 27.6 Å². The van der Waals surface area contributed by atoms with E-state index >= 15 is 0 Å². The Morgan fingerprint density at radius 1 is 0.488 bits per heavy atom. The zero-order valence-corrected chi connectivity index (χ0v) is 22.7. The third-order valence-corrected chi connectivity index (χ3v) is 7.77. The van der Waals surface area contributed by atoms with Crippen molar-refractivity contribution in [1.29, 1.82) is 0 Å². The summed E-state index contributed by atoms with van der Waals surface area (Å²) in [4.78, 5) is 48.2. The summed E-state index contributed by atoms with van der Waals surface area (Å²) >= 11 is 0. The molecular weight excluding hydrogens is 548 g/mol. The molecule has 0 radical (unpaired) electrons. The van der Waals surface area contributed by atoms with Crippen LogP contribution in [0.25, 0.3) is 0 Å². The lowest BCUT2D eigenvalue weighted by atomic mass is 10.1. The number of carbonyl (C=O) groups excluding carboxylic acids is 4. The molecule has 2 N–H and O–H groups in total. The first-order valence-electron chi connectivity index (χ1n) is 12.1. The second-order valence-corrected chi connectivity index (χ2v) is 10.5. The third kappa shape index (κ3) is 6.65. The van der Waals surface area contributed by atoms with Gasteiger partial charge in [-0.1, -0.05) is 0 Å². The molecule has 2 amide bonds. The highest BCUT2D eigenvalue weighted by Gasteiger charge is 2.18. The number of esters is 2. The Morgan fingerprint density at radius 3 is 1.07 bits per heavy atom. The molecule has 0 aliphatic carbocycles. The standard InChI is InChI=1S/C30H24N2O8S/c1-39-29(35)21-7-3-19(4-8-21)27(33)31-23-11-15-25(16-12-23)41(37,38)26-17-13-24(14-18-26)32-28(34)20-5-9-22(10-6-20)30(36)40-2/h3-18H,1-2H3,(H,31,33)(H,32,34). The van der Waals surface area contributed by atoms with Crippen LogP contribution >= 0.6 is 0 Å². The van der Waals surface area contributed by atoms with Gasteiger partial charge in [-0.25, -0.2) is 18.0 Å². The molecule has 0 atom stereocenters. The summed E-state index contributed by atoms with van der Waals surface area (Å²) in [5.74, 6) is -1.91. The average molecular weight is 573 g/mol. The second-order valence-electron chi connectivity index (χ2n) is 8.60. The van der Waals surface area contributed by atoms with E-state index in [-0.39, 0.29) is 9.79 Å². The van der Waals surface area contributed by atoms with Gasteiger partial charge < -0.3 is 20.1 Å². The highest BCUT2D eigenvalue weighted by atomic mass is 32.2. The Bertz CT molecular complexity index is 1570. The van der Waals surface area contributed by atoms with E-state index in [1.165, 1.54) is 111 Å². The summed E-state index contributed by atoms with van der Waals surface area (Å²) < 4.78 is 35.5. The van der Waals surface area contributed by atoms with Crippen molar-refractivity contribution < 1.29 is 37.1 Å². The van der Waals surface area contributed by atoms with Gasteiger partial charge in [-0.2, -0.15) is 0 Å². The Labute approximate surface area is 235 Å². The van der Waals surface area contributed by atoms with Crippen LogP contribution in [0.2, 0.25) is 0 Å². The molecule has 10 nitrogen and oxygen atoms in total. The molecule has 0 saturated heterocycles. The number of nitrogens with one attached hydrogen (secondary N) is 2. The molecule has 11 heteroatoms. The number of rotatable bonds is 8. The van der Waals surface area contributed by atoms with Gasteiger partial charge in [-0.05, 0) is 97.1 Å². The molecule has 0 aromatic heterocycles. The van der Waals surface area contributed by atoms with Crippen molar-refractivity contribution in [3.05, 3.63) is 119 Å². The largest absolute Gasteiger partial charge is 0.465 e. The van der Waals surface area contributed by atoms with E-state index in [2.05, 4.69) is 20.1 Å². The SMILES string of the molecule is COC(=O)c1ccc(C(=O)Nc2ccc(S(=O)(=O)c3ccc(NC(=O)c4ccc(C(=O)OC)cc4)cc3)cc2)cc1. The number of sulfone groups is 1. The highest BCUT2D eigenvalue weighted by molar-refractivity contribution is 7.91. The molecule has 4 aromatic carbocycles. The van der Waals surface area contributed by atoms with E-state index < -0.39 is 33.6 Å². The van der Waals surface area contributed by atoms with Crippen LogP contribution in [-0.4, -0.2) is 46.4 Å². The van der Waals surface area contributed by atoms with Crippen molar-refractivity contribution in [3.63, 3.8) is 0 Å². The predicted octanol–water partition coefficient (Wildman–Crippen LogP) is 4.60. The summed E-state index contributed by atoms with van der Waals surface area (Å²) in [7, 11) is -1.35. The molecule has 0 saturated carbocycles. The number of carbonyl (C=O) groups is 4. The van der Waals surface area contributed by atoms with Crippen LogP contribution in [0.4, 0.5) is 11.4 Å². The van der Waals surface area contributed by atoms with Crippen molar-refractivity contribution in [1.82, 2.24) is 0 Å². The lowest BCUT2D eigenvalue weighted by molar-refractivity contribution is 0.0592. The minimum absolute atomic E-state index is 0.0143. The molecule has 0 unspecified atom stereocenters. The number of hydrogen-bond acceptors (Lipinski definition) is 8. The van der Waals surface area contributed by atoms with Crippen LogP contribution in [0.3, 0.4) is 0 Å². The van der Waals surface area contributed by atoms with E-state index in [1.54, 1.807) is 0 Å². The number of hydrogen-bond donors (Lipinski definition) is 2. The van der Waals surface area contributed by atoms with Gasteiger partial charge in [0.1, 0.15) is 0 Å². The van der Waals surface area contributed by atoms with Crippen molar-refractivity contribution in [3.8, 4) is 0 Å². The molecule has 4 rings (SSSR count). The van der Waals surface area contributed by atoms with E-state index in [0.29, 0.717) is 33.6 Å². The quantitative estimate of drug-likeness (QED) is 0.292. The second kappa shape index (κ2) is 12.3. The van der Waals surface area contributed by atoms with E-state index in [0.717, 1.165) is 0 Å². The Kier molecular flexibility index (Phi) is 8.59. The number of anilines is 2. The number of benzene rings is 4. The number of methoxy groups -OCH3 is 2. The Morgan fingerprint density at radius 2 is 0.780 bits per heavy atom. The topological polar surface area (TPSA) is 145 Å². The molecular formula is C30H24N2O8S. The maximum absolute atomic E-state index is 13.1. The van der Waals surface area contributed by atoms with E-state index in [4.69, 9.17) is 0 Å². The van der Waals surface area contributed by atoms with Crippen molar-refractivity contribution in [2.45, 2.75) is 9.79 Å². The molecule has 0 spiro atoms. The van der Waals surface area contributed by atoms with Crippen LogP contribution in [0.1, 0.15) is 41.4 Å². The van der Waals surface area contributed by atoms with Gasteiger partial charge in [0, 0.05) is 22.5 Å². The summed E-state index contributed by atoms with van der Waals surface area (Å²) in [6.45, 7) is 0. The molecule has 0 fully saturated rings. The Hall–Kier alpha value is -5.29. The van der Waals surface area contributed by atoms with Gasteiger partial charge in [0.25, 0.3) is 11.8 Å². The molecule has 41 heavy (non-hydrogen) atoms. The fraction of sp³-hybridized carbons (Fsp3) is 0.0667. The maximum atomic E-state index is 13.1. The smallest absolute Gasteiger partial charge is 0.337 e. The lowest BCUT2D eigenvalue weighted by Gasteiger charge is -2.10. The van der Waals surface area contributed by atoms with Crippen LogP contribution in [-0.2, 0) is 19.3 Å². The van der Waals surface area contributed by atoms with Gasteiger partial charge >= 0.3 is 11.9 Å². The van der Waals surface area contributed by atoms with Crippen LogP contribution < -0.4 is 10.6 Å². The fourth-order valence-electron chi connectivity index (χ4n) is 3.73.